The van der Waals surface area contributed by atoms with E-state index in [0.29, 0.717) is 12.1 Å². The molecule has 0 aliphatic carbocycles. The molecule has 1 amide bonds. The van der Waals surface area contributed by atoms with Crippen LogP contribution in [0, 0.1) is 11.6 Å². The number of nitrogens with one attached hydrogen (secondary N) is 1. The van der Waals surface area contributed by atoms with Gasteiger partial charge < -0.3 is 5.32 Å². The number of amides is 1. The van der Waals surface area contributed by atoms with Crippen molar-refractivity contribution < 1.29 is 13.6 Å². The highest BCUT2D eigenvalue weighted by Crippen LogP contribution is 2.15. The van der Waals surface area contributed by atoms with Gasteiger partial charge in [0.25, 0.3) is 0 Å². The normalized spacial score (nSPS) is 12.3. The molecule has 7 heteroatoms. The number of imidazole rings is 1. The molecule has 1 aromatic heterocycles. The number of nitrogens with zero attached hydrogens (tertiary/aromatic N) is 2. The molecule has 5 nitrogen and oxygen atoms in total. The Morgan fingerprint density at radius 1 is 1.04 bits per heavy atom. The minimum absolute atomic E-state index is 0.0237. The van der Waals surface area contributed by atoms with E-state index < -0.39 is 17.7 Å². The predicted octanol–water partition coefficient (Wildman–Crippen LogP) is 2.85. The van der Waals surface area contributed by atoms with Crippen molar-refractivity contribution in [3.63, 3.8) is 0 Å². The zero-order chi connectivity index (χ0) is 19.6. The van der Waals surface area contributed by atoms with E-state index in [2.05, 4.69) is 5.32 Å². The van der Waals surface area contributed by atoms with Crippen LogP contribution in [0.2, 0.25) is 0 Å². The number of para-hydroxylation sites is 2. The van der Waals surface area contributed by atoms with Gasteiger partial charge in [0.05, 0.1) is 11.0 Å². The van der Waals surface area contributed by atoms with Crippen molar-refractivity contribution in [2.45, 2.75) is 39.4 Å². The minimum Gasteiger partial charge on any atom is -0.352 e. The maximum atomic E-state index is 13.8. The second-order valence-electron chi connectivity index (χ2n) is 6.47. The number of aromatic nitrogens is 2. The van der Waals surface area contributed by atoms with Crippen molar-refractivity contribution in [3.8, 4) is 0 Å². The first-order chi connectivity index (χ1) is 12.9. The van der Waals surface area contributed by atoms with Crippen LogP contribution in [0.4, 0.5) is 8.78 Å². The van der Waals surface area contributed by atoms with Gasteiger partial charge >= 0.3 is 5.69 Å². The Balaban J connectivity index is 1.76. The van der Waals surface area contributed by atoms with Crippen molar-refractivity contribution in [3.05, 3.63) is 70.1 Å². The molecular formula is C20H21F2N3O2. The van der Waals surface area contributed by atoms with Gasteiger partial charge in [-0.1, -0.05) is 18.2 Å². The quantitative estimate of drug-likeness (QED) is 0.722. The number of hydrogen-bond acceptors (Lipinski definition) is 2. The summed E-state index contributed by atoms with van der Waals surface area (Å²) in [4.78, 5) is 25.0. The van der Waals surface area contributed by atoms with Crippen LogP contribution >= 0.6 is 0 Å². The lowest BCUT2D eigenvalue weighted by Gasteiger charge is -2.15. The maximum Gasteiger partial charge on any atom is 0.329 e. The van der Waals surface area contributed by atoms with Gasteiger partial charge in [-0.25, -0.2) is 13.6 Å². The van der Waals surface area contributed by atoms with Gasteiger partial charge in [0.2, 0.25) is 5.91 Å². The summed E-state index contributed by atoms with van der Waals surface area (Å²) in [5, 5.41) is 2.71. The second-order valence-corrected chi connectivity index (χ2v) is 6.47. The van der Waals surface area contributed by atoms with Crippen LogP contribution in [0.1, 0.15) is 19.4 Å². The molecule has 0 aliphatic rings. The summed E-state index contributed by atoms with van der Waals surface area (Å²) in [6.45, 7) is 3.87. The molecule has 0 aliphatic heterocycles. The Kier molecular flexibility index (Phi) is 5.39. The average Bonchev–Trinajstić information content (AvgIpc) is 2.89. The Bertz CT molecular complexity index is 1020. The number of benzene rings is 2. The summed E-state index contributed by atoms with van der Waals surface area (Å²) < 4.78 is 30.5. The Hall–Kier alpha value is -2.96. The van der Waals surface area contributed by atoms with Crippen LogP contribution in [0.15, 0.2) is 47.3 Å². The van der Waals surface area contributed by atoms with Gasteiger partial charge in [-0.05, 0) is 44.5 Å². The number of carbonyl (C=O) groups excluding carboxylic acids is 1. The highest BCUT2D eigenvalue weighted by Gasteiger charge is 2.17. The fourth-order valence-corrected chi connectivity index (χ4v) is 3.28. The van der Waals surface area contributed by atoms with E-state index in [0.717, 1.165) is 5.52 Å². The molecule has 1 atom stereocenters. The number of carbonyl (C=O) groups is 1. The molecule has 0 fully saturated rings. The van der Waals surface area contributed by atoms with E-state index in [1.54, 1.807) is 23.6 Å². The van der Waals surface area contributed by atoms with Gasteiger partial charge in [0.15, 0.2) is 0 Å². The van der Waals surface area contributed by atoms with E-state index in [-0.39, 0.29) is 30.1 Å². The van der Waals surface area contributed by atoms with Gasteiger partial charge in [-0.2, -0.15) is 0 Å². The van der Waals surface area contributed by atoms with Gasteiger partial charge in [-0.15, -0.1) is 0 Å². The minimum atomic E-state index is -0.640. The summed E-state index contributed by atoms with van der Waals surface area (Å²) in [5.74, 6) is -1.67. The highest BCUT2D eigenvalue weighted by atomic mass is 19.1. The largest absolute Gasteiger partial charge is 0.352 e. The Morgan fingerprint density at radius 2 is 1.63 bits per heavy atom. The van der Waals surface area contributed by atoms with Crippen LogP contribution in [-0.4, -0.2) is 21.1 Å². The Labute approximate surface area is 155 Å². The number of fused-ring (bicyclic) bond motifs is 1. The van der Waals surface area contributed by atoms with Crippen LogP contribution in [0.3, 0.4) is 0 Å². The second kappa shape index (κ2) is 7.73. The summed E-state index contributed by atoms with van der Waals surface area (Å²) in [5.41, 5.74) is 1.11. The van der Waals surface area contributed by atoms with Gasteiger partial charge in [0, 0.05) is 18.2 Å². The van der Waals surface area contributed by atoms with Crippen molar-refractivity contribution in [1.82, 2.24) is 14.5 Å². The van der Waals surface area contributed by atoms with Crippen LogP contribution in [0.25, 0.3) is 11.0 Å². The number of aryl methyl sites for hydroxylation is 1. The monoisotopic (exact) mass is 373 g/mol. The maximum absolute atomic E-state index is 13.8. The smallest absolute Gasteiger partial charge is 0.329 e. The summed E-state index contributed by atoms with van der Waals surface area (Å²) >= 11 is 0. The fraction of sp³-hybridized carbons (Fsp3) is 0.300. The standard InChI is InChI=1S/C20H21F2N3O2/c1-3-24-17-9-4-5-10-18(17)25(20(24)27)12-19(26)23-13(2)11-14-15(21)7-6-8-16(14)22/h4-10,13H,3,11-12H2,1-2H3,(H,23,26)/t13-/m1/s1. The van der Waals surface area contributed by atoms with E-state index in [1.807, 2.05) is 19.1 Å². The SMILES string of the molecule is CCn1c(=O)n(CC(=O)N[C@H](C)Cc2c(F)cccc2F)c2ccccc21. The molecule has 0 unspecified atom stereocenters. The van der Waals surface area contributed by atoms with E-state index >= 15 is 0 Å². The molecule has 142 valence electrons. The molecule has 0 saturated heterocycles. The first-order valence-corrected chi connectivity index (χ1v) is 8.82. The van der Waals surface area contributed by atoms with Crippen molar-refractivity contribution in [1.29, 1.82) is 0 Å². The summed E-state index contributed by atoms with van der Waals surface area (Å²) in [6.07, 6.45) is 0.0237. The lowest BCUT2D eigenvalue weighted by atomic mass is 10.1. The zero-order valence-corrected chi connectivity index (χ0v) is 15.2. The molecule has 1 N–H and O–H groups in total. The fourth-order valence-electron chi connectivity index (χ4n) is 3.28. The summed E-state index contributed by atoms with van der Waals surface area (Å²) in [6, 6.07) is 10.4. The molecular weight excluding hydrogens is 352 g/mol. The molecule has 0 bridgehead atoms. The first kappa shape index (κ1) is 18.8. The number of halogens is 2. The van der Waals surface area contributed by atoms with Gasteiger partial charge in [-0.3, -0.25) is 13.9 Å². The van der Waals surface area contributed by atoms with Crippen molar-refractivity contribution >= 4 is 16.9 Å². The molecule has 27 heavy (non-hydrogen) atoms. The topological polar surface area (TPSA) is 56.0 Å². The van der Waals surface area contributed by atoms with Gasteiger partial charge in [0.1, 0.15) is 18.2 Å². The Morgan fingerprint density at radius 3 is 2.22 bits per heavy atom. The molecule has 0 saturated carbocycles. The summed E-state index contributed by atoms with van der Waals surface area (Å²) in [7, 11) is 0. The predicted molar refractivity (Wildman–Crippen MR) is 99.5 cm³/mol. The lowest BCUT2D eigenvalue weighted by Crippen LogP contribution is -2.38. The van der Waals surface area contributed by atoms with Crippen LogP contribution < -0.4 is 11.0 Å². The third-order valence-corrected chi connectivity index (χ3v) is 4.52. The third kappa shape index (κ3) is 3.77. The van der Waals surface area contributed by atoms with E-state index in [1.165, 1.54) is 22.8 Å². The molecule has 3 rings (SSSR count). The molecule has 0 spiro atoms. The van der Waals surface area contributed by atoms with E-state index in [4.69, 9.17) is 0 Å². The molecule has 2 aromatic carbocycles. The average molecular weight is 373 g/mol. The zero-order valence-electron chi connectivity index (χ0n) is 15.2. The third-order valence-electron chi connectivity index (χ3n) is 4.52. The highest BCUT2D eigenvalue weighted by molar-refractivity contribution is 5.81. The molecule has 0 radical (unpaired) electrons. The van der Waals surface area contributed by atoms with Crippen molar-refractivity contribution in [2.24, 2.45) is 0 Å². The first-order valence-electron chi connectivity index (χ1n) is 8.82. The van der Waals surface area contributed by atoms with Crippen LogP contribution in [0.5, 0.6) is 0 Å². The van der Waals surface area contributed by atoms with Crippen LogP contribution in [-0.2, 0) is 24.3 Å². The van der Waals surface area contributed by atoms with E-state index in [9.17, 15) is 18.4 Å². The molecule has 1 heterocycles. The number of hydrogen-bond donors (Lipinski definition) is 1. The number of rotatable bonds is 6. The van der Waals surface area contributed by atoms with Crippen molar-refractivity contribution in [2.75, 3.05) is 0 Å². The lowest BCUT2D eigenvalue weighted by molar-refractivity contribution is -0.122. The molecule has 3 aromatic rings.